The van der Waals surface area contributed by atoms with Crippen LogP contribution in [0.3, 0.4) is 0 Å². The number of hydrogen-bond acceptors (Lipinski definition) is 7. The molecule has 5 N–H and O–H groups in total. The van der Waals surface area contributed by atoms with Crippen molar-refractivity contribution in [2.75, 3.05) is 20.3 Å². The van der Waals surface area contributed by atoms with E-state index in [1.54, 1.807) is 0 Å². The van der Waals surface area contributed by atoms with Crippen LogP contribution in [0.15, 0.2) is 0 Å². The summed E-state index contributed by atoms with van der Waals surface area (Å²) in [5.41, 5.74) is 0. The van der Waals surface area contributed by atoms with Crippen molar-refractivity contribution in [3.05, 3.63) is 0 Å². The first-order valence-electron chi connectivity index (χ1n) is 4.77. The van der Waals surface area contributed by atoms with Crippen molar-refractivity contribution in [2.24, 2.45) is 0 Å². The van der Waals surface area contributed by atoms with E-state index in [1.807, 2.05) is 0 Å². The highest BCUT2D eigenvalue weighted by molar-refractivity contribution is 5.80. The molecule has 0 radical (unpaired) electrons. The smallest absolute Gasteiger partial charge is 0.161 e. The number of methoxy groups -OCH3 is 1. The second-order valence-corrected chi connectivity index (χ2v) is 3.47. The minimum absolute atomic E-state index is 0.206. The average molecular weight is 238 g/mol. The summed E-state index contributed by atoms with van der Waals surface area (Å²) in [6, 6.07) is 0. The second kappa shape index (κ2) is 7.66. The Morgan fingerprint density at radius 3 is 2.06 bits per heavy atom. The van der Waals surface area contributed by atoms with Crippen LogP contribution in [-0.4, -0.2) is 76.1 Å². The fourth-order valence-electron chi connectivity index (χ4n) is 1.14. The second-order valence-electron chi connectivity index (χ2n) is 3.47. The van der Waals surface area contributed by atoms with Gasteiger partial charge in [0.2, 0.25) is 0 Å². The molecular formula is C9H18O7. The number of hydrogen-bond donors (Lipinski definition) is 5. The maximum atomic E-state index is 11.0. The number of carbonyl (C=O) groups is 1. The lowest BCUT2D eigenvalue weighted by Gasteiger charge is -2.25. The molecule has 4 atom stereocenters. The van der Waals surface area contributed by atoms with Crippen LogP contribution < -0.4 is 0 Å². The van der Waals surface area contributed by atoms with Gasteiger partial charge < -0.3 is 30.3 Å². The van der Waals surface area contributed by atoms with Gasteiger partial charge in [-0.05, 0) is 0 Å². The fourth-order valence-corrected chi connectivity index (χ4v) is 1.14. The third-order valence-electron chi connectivity index (χ3n) is 2.07. The molecule has 0 saturated carbocycles. The van der Waals surface area contributed by atoms with Gasteiger partial charge in [-0.2, -0.15) is 0 Å². The first-order valence-corrected chi connectivity index (χ1v) is 4.77. The zero-order valence-corrected chi connectivity index (χ0v) is 8.98. The van der Waals surface area contributed by atoms with Gasteiger partial charge in [0.1, 0.15) is 24.9 Å². The standard InChI is InChI=1S/C9H18O7/c1-16-4-5(11)2-6(12)8(14)9(15)7(13)3-10/h6-10,12-15H,2-4H2,1H3. The molecule has 0 fully saturated rings. The molecule has 0 aliphatic rings. The van der Waals surface area contributed by atoms with Crippen LogP contribution in [-0.2, 0) is 9.53 Å². The Morgan fingerprint density at radius 2 is 1.62 bits per heavy atom. The minimum atomic E-state index is -1.71. The van der Waals surface area contributed by atoms with Gasteiger partial charge in [0, 0.05) is 13.5 Å². The highest BCUT2D eigenvalue weighted by atomic mass is 16.5. The van der Waals surface area contributed by atoms with E-state index in [9.17, 15) is 20.1 Å². The Labute approximate surface area is 92.9 Å². The van der Waals surface area contributed by atoms with Crippen molar-refractivity contribution < 1.29 is 35.1 Å². The van der Waals surface area contributed by atoms with Crippen LogP contribution in [0.5, 0.6) is 0 Å². The van der Waals surface area contributed by atoms with Gasteiger partial charge in [-0.3, -0.25) is 4.79 Å². The molecule has 0 rings (SSSR count). The van der Waals surface area contributed by atoms with Crippen molar-refractivity contribution in [1.29, 1.82) is 0 Å². The van der Waals surface area contributed by atoms with Gasteiger partial charge in [-0.25, -0.2) is 0 Å². The minimum Gasteiger partial charge on any atom is -0.394 e. The molecule has 7 nitrogen and oxygen atoms in total. The van der Waals surface area contributed by atoms with Crippen LogP contribution >= 0.6 is 0 Å². The van der Waals surface area contributed by atoms with Crippen molar-refractivity contribution in [2.45, 2.75) is 30.8 Å². The SMILES string of the molecule is COCC(=O)CC(O)C(O)C(O)C(O)CO. The predicted octanol–water partition coefficient (Wildman–Crippen LogP) is -2.97. The van der Waals surface area contributed by atoms with E-state index in [1.165, 1.54) is 7.11 Å². The van der Waals surface area contributed by atoms with Gasteiger partial charge in [-0.1, -0.05) is 0 Å². The molecule has 0 saturated heterocycles. The maximum Gasteiger partial charge on any atom is 0.161 e. The Hall–Kier alpha value is -0.570. The summed E-state index contributed by atoms with van der Waals surface area (Å²) in [6.07, 6.45) is -6.90. The Kier molecular flexibility index (Phi) is 7.39. The lowest BCUT2D eigenvalue weighted by atomic mass is 10.00. The Morgan fingerprint density at radius 1 is 1.12 bits per heavy atom. The summed E-state index contributed by atoms with van der Waals surface area (Å²) in [5.74, 6) is -0.445. The number of ether oxygens (including phenoxy) is 1. The van der Waals surface area contributed by atoms with Crippen LogP contribution in [0.2, 0.25) is 0 Å². The molecule has 16 heavy (non-hydrogen) atoms. The molecule has 7 heteroatoms. The average Bonchev–Trinajstić information content (AvgIpc) is 2.26. The lowest BCUT2D eigenvalue weighted by Crippen LogP contribution is -2.46. The van der Waals surface area contributed by atoms with Crippen LogP contribution in [0, 0.1) is 0 Å². The monoisotopic (exact) mass is 238 g/mol. The first kappa shape index (κ1) is 15.4. The number of rotatable bonds is 8. The molecule has 0 aromatic heterocycles. The summed E-state index contributed by atoms with van der Waals surface area (Å²) >= 11 is 0. The predicted molar refractivity (Wildman–Crippen MR) is 52.6 cm³/mol. The maximum absolute atomic E-state index is 11.0. The van der Waals surface area contributed by atoms with E-state index in [0.29, 0.717) is 0 Å². The first-order chi connectivity index (χ1) is 7.43. The molecular weight excluding hydrogens is 220 g/mol. The van der Waals surface area contributed by atoms with E-state index < -0.39 is 43.2 Å². The Bertz CT molecular complexity index is 208. The number of aliphatic hydroxyl groups is 5. The number of carbonyl (C=O) groups excluding carboxylic acids is 1. The van der Waals surface area contributed by atoms with Crippen molar-refractivity contribution in [3.63, 3.8) is 0 Å². The van der Waals surface area contributed by atoms with Gasteiger partial charge in [0.05, 0.1) is 12.7 Å². The van der Waals surface area contributed by atoms with Gasteiger partial charge in [-0.15, -0.1) is 0 Å². The molecule has 0 heterocycles. The zero-order valence-electron chi connectivity index (χ0n) is 8.98. The molecule has 0 spiro atoms. The molecule has 0 amide bonds. The Balaban J connectivity index is 4.16. The van der Waals surface area contributed by atoms with Gasteiger partial charge in [0.15, 0.2) is 5.78 Å². The molecule has 0 aliphatic carbocycles. The summed E-state index contributed by atoms with van der Waals surface area (Å²) < 4.78 is 4.52. The largest absolute Gasteiger partial charge is 0.394 e. The van der Waals surface area contributed by atoms with Crippen LogP contribution in [0.4, 0.5) is 0 Å². The molecule has 0 aliphatic heterocycles. The third kappa shape index (κ3) is 4.97. The summed E-state index contributed by atoms with van der Waals surface area (Å²) in [6.45, 7) is -0.959. The zero-order chi connectivity index (χ0) is 12.7. The molecule has 0 aromatic carbocycles. The third-order valence-corrected chi connectivity index (χ3v) is 2.07. The highest BCUT2D eigenvalue weighted by Crippen LogP contribution is 2.08. The quantitative estimate of drug-likeness (QED) is 0.305. The van der Waals surface area contributed by atoms with Crippen LogP contribution in [0.25, 0.3) is 0 Å². The van der Waals surface area contributed by atoms with E-state index >= 15 is 0 Å². The number of aliphatic hydroxyl groups excluding tert-OH is 5. The van der Waals surface area contributed by atoms with E-state index in [0.717, 1.165) is 0 Å². The van der Waals surface area contributed by atoms with Crippen molar-refractivity contribution >= 4 is 5.78 Å². The van der Waals surface area contributed by atoms with E-state index in [4.69, 9.17) is 10.2 Å². The molecule has 0 aromatic rings. The topological polar surface area (TPSA) is 127 Å². The van der Waals surface area contributed by atoms with E-state index in [2.05, 4.69) is 4.74 Å². The summed E-state index contributed by atoms with van der Waals surface area (Å²) in [7, 11) is 1.31. The summed E-state index contributed by atoms with van der Waals surface area (Å²) in [4.78, 5) is 11.0. The summed E-state index contributed by atoms with van der Waals surface area (Å²) in [5, 5.41) is 45.4. The van der Waals surface area contributed by atoms with Gasteiger partial charge >= 0.3 is 0 Å². The normalized spacial score (nSPS) is 18.9. The van der Waals surface area contributed by atoms with Crippen molar-refractivity contribution in [3.8, 4) is 0 Å². The molecule has 0 bridgehead atoms. The van der Waals surface area contributed by atoms with Crippen LogP contribution in [0.1, 0.15) is 6.42 Å². The van der Waals surface area contributed by atoms with Gasteiger partial charge in [0.25, 0.3) is 0 Å². The lowest BCUT2D eigenvalue weighted by molar-refractivity contribution is -0.135. The highest BCUT2D eigenvalue weighted by Gasteiger charge is 2.30. The van der Waals surface area contributed by atoms with E-state index in [-0.39, 0.29) is 6.61 Å². The van der Waals surface area contributed by atoms with Crippen molar-refractivity contribution in [1.82, 2.24) is 0 Å². The number of Topliss-reactive ketones (excluding diaryl/α,β-unsaturated/α-hetero) is 1. The molecule has 96 valence electrons. The number of ketones is 1. The molecule has 4 unspecified atom stereocenters. The fraction of sp³-hybridized carbons (Fsp3) is 0.889.